The number of benzene rings is 2. The summed E-state index contributed by atoms with van der Waals surface area (Å²) < 4.78 is 16.0. The van der Waals surface area contributed by atoms with Crippen LogP contribution in [0.5, 0.6) is 17.2 Å². The largest absolute Gasteiger partial charge is 0.497 e. The predicted octanol–water partition coefficient (Wildman–Crippen LogP) is 3.29. The van der Waals surface area contributed by atoms with Crippen molar-refractivity contribution in [1.29, 1.82) is 0 Å². The van der Waals surface area contributed by atoms with Gasteiger partial charge < -0.3 is 24.8 Å². The summed E-state index contributed by atoms with van der Waals surface area (Å²) in [5.41, 5.74) is 0.701. The summed E-state index contributed by atoms with van der Waals surface area (Å²) in [5, 5.41) is 5.48. The fourth-order valence-electron chi connectivity index (χ4n) is 1.98. The monoisotopic (exact) mass is 330 g/mol. The predicted molar refractivity (Wildman–Crippen MR) is 93.1 cm³/mol. The molecule has 0 bridgehead atoms. The zero-order chi connectivity index (χ0) is 17.2. The number of methoxy groups -OCH3 is 1. The molecule has 0 aliphatic carbocycles. The number of amides is 2. The number of ether oxygens (including phenoxy) is 3. The lowest BCUT2D eigenvalue weighted by Gasteiger charge is -2.10. The van der Waals surface area contributed by atoms with E-state index in [1.54, 1.807) is 19.2 Å². The van der Waals surface area contributed by atoms with E-state index in [0.29, 0.717) is 25.4 Å². The van der Waals surface area contributed by atoms with Crippen molar-refractivity contribution in [3.63, 3.8) is 0 Å². The van der Waals surface area contributed by atoms with Crippen molar-refractivity contribution in [2.24, 2.45) is 0 Å². The second-order valence-electron chi connectivity index (χ2n) is 4.86. The van der Waals surface area contributed by atoms with E-state index in [0.717, 1.165) is 17.2 Å². The van der Waals surface area contributed by atoms with Gasteiger partial charge in [-0.3, -0.25) is 0 Å². The molecular formula is C18H22N2O4. The Hall–Kier alpha value is -2.89. The van der Waals surface area contributed by atoms with E-state index in [-0.39, 0.29) is 6.03 Å². The highest BCUT2D eigenvalue weighted by Gasteiger charge is 2.02. The van der Waals surface area contributed by atoms with E-state index >= 15 is 0 Å². The highest BCUT2D eigenvalue weighted by molar-refractivity contribution is 5.89. The van der Waals surface area contributed by atoms with Gasteiger partial charge in [0.05, 0.1) is 20.3 Å². The Morgan fingerprint density at radius 3 is 2.12 bits per heavy atom. The van der Waals surface area contributed by atoms with Gasteiger partial charge in [-0.1, -0.05) is 0 Å². The third-order valence-corrected chi connectivity index (χ3v) is 3.14. The first-order chi connectivity index (χ1) is 11.7. The van der Waals surface area contributed by atoms with Gasteiger partial charge in [0, 0.05) is 5.69 Å². The summed E-state index contributed by atoms with van der Waals surface area (Å²) >= 11 is 0. The molecule has 2 rings (SSSR count). The number of hydrogen-bond acceptors (Lipinski definition) is 4. The van der Waals surface area contributed by atoms with Gasteiger partial charge in [-0.05, 0) is 55.5 Å². The summed E-state index contributed by atoms with van der Waals surface area (Å²) in [4.78, 5) is 11.8. The molecule has 0 saturated heterocycles. The second kappa shape index (κ2) is 9.29. The average molecular weight is 330 g/mol. The summed E-state index contributed by atoms with van der Waals surface area (Å²) in [6.07, 6.45) is 0. The van der Waals surface area contributed by atoms with Crippen LogP contribution in [0.25, 0.3) is 0 Å². The Bertz CT molecular complexity index is 626. The number of carbonyl (C=O) groups excluding carboxylic acids is 1. The molecule has 0 spiro atoms. The third-order valence-electron chi connectivity index (χ3n) is 3.14. The van der Waals surface area contributed by atoms with Crippen LogP contribution in [0.15, 0.2) is 48.5 Å². The van der Waals surface area contributed by atoms with E-state index < -0.39 is 0 Å². The molecule has 128 valence electrons. The lowest BCUT2D eigenvalue weighted by molar-refractivity contribution is 0.247. The highest BCUT2D eigenvalue weighted by Crippen LogP contribution is 2.17. The number of urea groups is 1. The maximum atomic E-state index is 11.8. The number of anilines is 1. The van der Waals surface area contributed by atoms with Crippen LogP contribution in [0, 0.1) is 0 Å². The molecule has 0 aliphatic rings. The Balaban J connectivity index is 1.67. The van der Waals surface area contributed by atoms with Crippen LogP contribution in [0.2, 0.25) is 0 Å². The molecule has 6 heteroatoms. The van der Waals surface area contributed by atoms with Crippen LogP contribution >= 0.6 is 0 Å². The first-order valence-corrected chi connectivity index (χ1v) is 7.76. The van der Waals surface area contributed by atoms with Crippen LogP contribution in [-0.4, -0.2) is 32.9 Å². The highest BCUT2D eigenvalue weighted by atomic mass is 16.5. The minimum Gasteiger partial charge on any atom is -0.497 e. The number of rotatable bonds is 8. The van der Waals surface area contributed by atoms with Gasteiger partial charge in [0.1, 0.15) is 23.9 Å². The molecule has 2 amide bonds. The van der Waals surface area contributed by atoms with E-state index in [4.69, 9.17) is 14.2 Å². The van der Waals surface area contributed by atoms with E-state index in [1.807, 2.05) is 43.3 Å². The van der Waals surface area contributed by atoms with Crippen LogP contribution in [-0.2, 0) is 0 Å². The molecule has 0 radical (unpaired) electrons. The van der Waals surface area contributed by atoms with E-state index in [9.17, 15) is 4.79 Å². The molecule has 0 fully saturated rings. The standard InChI is InChI=1S/C18H22N2O4/c1-3-23-16-6-4-14(5-7-16)20-18(21)19-12-13-24-17-10-8-15(22-2)9-11-17/h4-11H,3,12-13H2,1-2H3,(H2,19,20,21). The molecule has 0 unspecified atom stereocenters. The van der Waals surface area contributed by atoms with Crippen molar-refractivity contribution < 1.29 is 19.0 Å². The molecular weight excluding hydrogens is 308 g/mol. The van der Waals surface area contributed by atoms with Crippen LogP contribution < -0.4 is 24.8 Å². The normalized spacial score (nSPS) is 9.92. The third kappa shape index (κ3) is 5.72. The van der Waals surface area contributed by atoms with Crippen molar-refractivity contribution in [2.75, 3.05) is 32.2 Å². The van der Waals surface area contributed by atoms with Crippen LogP contribution in [0.4, 0.5) is 10.5 Å². The topological polar surface area (TPSA) is 68.8 Å². The Morgan fingerprint density at radius 2 is 1.50 bits per heavy atom. The smallest absolute Gasteiger partial charge is 0.319 e. The summed E-state index contributed by atoms with van der Waals surface area (Å²) in [6, 6.07) is 14.2. The lowest BCUT2D eigenvalue weighted by atomic mass is 10.3. The van der Waals surface area contributed by atoms with Crippen molar-refractivity contribution in [2.45, 2.75) is 6.92 Å². The van der Waals surface area contributed by atoms with Crippen molar-refractivity contribution >= 4 is 11.7 Å². The molecule has 0 atom stereocenters. The quantitative estimate of drug-likeness (QED) is 0.729. The lowest BCUT2D eigenvalue weighted by Crippen LogP contribution is -2.32. The van der Waals surface area contributed by atoms with Gasteiger partial charge >= 0.3 is 6.03 Å². The molecule has 0 aromatic heterocycles. The van der Waals surface area contributed by atoms with Crippen molar-refractivity contribution in [1.82, 2.24) is 5.32 Å². The average Bonchev–Trinajstić information content (AvgIpc) is 2.61. The molecule has 6 nitrogen and oxygen atoms in total. The fraction of sp³-hybridized carbons (Fsp3) is 0.278. The Labute approximate surface area is 141 Å². The molecule has 2 aromatic rings. The van der Waals surface area contributed by atoms with Crippen molar-refractivity contribution in [3.8, 4) is 17.2 Å². The van der Waals surface area contributed by atoms with Gasteiger partial charge in [0.15, 0.2) is 0 Å². The van der Waals surface area contributed by atoms with Gasteiger partial charge in [0.25, 0.3) is 0 Å². The molecule has 0 heterocycles. The van der Waals surface area contributed by atoms with E-state index in [2.05, 4.69) is 10.6 Å². The van der Waals surface area contributed by atoms with E-state index in [1.165, 1.54) is 0 Å². The van der Waals surface area contributed by atoms with Gasteiger partial charge in [0.2, 0.25) is 0 Å². The molecule has 2 N–H and O–H groups in total. The summed E-state index contributed by atoms with van der Waals surface area (Å²) in [5.74, 6) is 2.27. The minimum absolute atomic E-state index is 0.280. The Morgan fingerprint density at radius 1 is 0.917 bits per heavy atom. The number of hydrogen-bond donors (Lipinski definition) is 2. The summed E-state index contributed by atoms with van der Waals surface area (Å²) in [6.45, 7) is 3.31. The first-order valence-electron chi connectivity index (χ1n) is 7.76. The van der Waals surface area contributed by atoms with Crippen LogP contribution in [0.3, 0.4) is 0 Å². The zero-order valence-corrected chi connectivity index (χ0v) is 13.9. The molecule has 0 aliphatic heterocycles. The SMILES string of the molecule is CCOc1ccc(NC(=O)NCCOc2ccc(OC)cc2)cc1. The fourth-order valence-corrected chi connectivity index (χ4v) is 1.98. The maximum absolute atomic E-state index is 11.8. The molecule has 0 saturated carbocycles. The van der Waals surface area contributed by atoms with Crippen LogP contribution in [0.1, 0.15) is 6.92 Å². The zero-order valence-electron chi connectivity index (χ0n) is 13.9. The van der Waals surface area contributed by atoms with Crippen molar-refractivity contribution in [3.05, 3.63) is 48.5 Å². The first kappa shape index (κ1) is 17.5. The summed E-state index contributed by atoms with van der Waals surface area (Å²) in [7, 11) is 1.61. The molecule has 2 aromatic carbocycles. The second-order valence-corrected chi connectivity index (χ2v) is 4.86. The van der Waals surface area contributed by atoms with Gasteiger partial charge in [-0.2, -0.15) is 0 Å². The maximum Gasteiger partial charge on any atom is 0.319 e. The number of carbonyl (C=O) groups is 1. The Kier molecular flexibility index (Phi) is 6.76. The minimum atomic E-state index is -0.280. The van der Waals surface area contributed by atoms with Gasteiger partial charge in [-0.15, -0.1) is 0 Å². The van der Waals surface area contributed by atoms with Gasteiger partial charge in [-0.25, -0.2) is 4.79 Å². The molecule has 24 heavy (non-hydrogen) atoms. The number of nitrogens with one attached hydrogen (secondary N) is 2.